The van der Waals surface area contributed by atoms with Crippen LogP contribution < -0.4 is 14.4 Å². The van der Waals surface area contributed by atoms with Crippen LogP contribution in [0.5, 0.6) is 11.5 Å². The fourth-order valence-corrected chi connectivity index (χ4v) is 3.42. The number of benzene rings is 2. The Morgan fingerprint density at radius 1 is 0.962 bits per heavy atom. The summed E-state index contributed by atoms with van der Waals surface area (Å²) >= 11 is 0. The molecule has 26 heavy (non-hydrogen) atoms. The van der Waals surface area contributed by atoms with E-state index in [1.807, 2.05) is 18.2 Å². The van der Waals surface area contributed by atoms with E-state index in [0.29, 0.717) is 6.54 Å². The molecular formula is C22H28N2O2. The van der Waals surface area contributed by atoms with Crippen molar-refractivity contribution >= 4 is 11.4 Å². The summed E-state index contributed by atoms with van der Waals surface area (Å²) < 4.78 is 10.8. The van der Waals surface area contributed by atoms with E-state index < -0.39 is 0 Å². The first-order valence-electron chi connectivity index (χ1n) is 9.17. The topological polar surface area (TPSA) is 34.1 Å². The maximum absolute atomic E-state index is 5.51. The molecule has 0 N–H and O–H groups in total. The zero-order valence-electron chi connectivity index (χ0n) is 16.2. The summed E-state index contributed by atoms with van der Waals surface area (Å²) in [4.78, 5) is 7.13. The van der Waals surface area contributed by atoms with Crippen molar-refractivity contribution in [2.75, 3.05) is 33.2 Å². The molecule has 0 bridgehead atoms. The molecule has 0 spiro atoms. The first kappa shape index (κ1) is 18.3. The van der Waals surface area contributed by atoms with Crippen molar-refractivity contribution in [1.29, 1.82) is 0 Å². The Kier molecular flexibility index (Phi) is 5.82. The van der Waals surface area contributed by atoms with Crippen LogP contribution in [0.25, 0.3) is 0 Å². The van der Waals surface area contributed by atoms with Crippen LogP contribution in [-0.2, 0) is 13.0 Å². The molecule has 0 amide bonds. The van der Waals surface area contributed by atoms with Crippen molar-refractivity contribution in [3.8, 4) is 11.5 Å². The molecule has 0 aliphatic heterocycles. The van der Waals surface area contributed by atoms with Crippen molar-refractivity contribution < 1.29 is 9.47 Å². The first-order chi connectivity index (χ1) is 12.6. The van der Waals surface area contributed by atoms with Crippen LogP contribution in [0.15, 0.2) is 41.4 Å². The van der Waals surface area contributed by atoms with Crippen molar-refractivity contribution in [2.45, 2.75) is 32.2 Å². The van der Waals surface area contributed by atoms with Gasteiger partial charge in [0.15, 0.2) is 0 Å². The van der Waals surface area contributed by atoms with E-state index in [1.165, 1.54) is 35.4 Å². The van der Waals surface area contributed by atoms with E-state index in [0.717, 1.165) is 29.9 Å². The van der Waals surface area contributed by atoms with E-state index in [9.17, 15) is 0 Å². The number of methoxy groups -OCH3 is 2. The molecule has 0 saturated heterocycles. The second kappa shape index (κ2) is 8.26. The van der Waals surface area contributed by atoms with E-state index in [4.69, 9.17) is 14.5 Å². The third-order valence-electron chi connectivity index (χ3n) is 4.96. The van der Waals surface area contributed by atoms with Crippen LogP contribution >= 0.6 is 0 Å². The number of aryl methyl sites for hydroxylation is 1. The van der Waals surface area contributed by atoms with Gasteiger partial charge in [-0.05, 0) is 61.1 Å². The molecule has 1 aliphatic rings. The number of aliphatic imine (C=N–C) groups is 1. The Morgan fingerprint density at radius 2 is 1.77 bits per heavy atom. The van der Waals surface area contributed by atoms with Gasteiger partial charge in [-0.2, -0.15) is 0 Å². The molecule has 0 atom stereocenters. The quantitative estimate of drug-likeness (QED) is 0.744. The Bertz CT molecular complexity index is 797. The molecule has 0 aromatic heterocycles. The average Bonchev–Trinajstić information content (AvgIpc) is 2.87. The van der Waals surface area contributed by atoms with Gasteiger partial charge in [0, 0.05) is 37.1 Å². The number of nitrogens with zero attached hydrogens (tertiary/aromatic N) is 2. The highest BCUT2D eigenvalue weighted by Gasteiger charge is 2.15. The fourth-order valence-electron chi connectivity index (χ4n) is 3.42. The third-order valence-corrected chi connectivity index (χ3v) is 4.96. The van der Waals surface area contributed by atoms with Gasteiger partial charge in [-0.15, -0.1) is 0 Å². The monoisotopic (exact) mass is 352 g/mol. The Labute approximate surface area is 156 Å². The summed E-state index contributed by atoms with van der Waals surface area (Å²) in [5.41, 5.74) is 6.26. The average molecular weight is 352 g/mol. The molecule has 0 radical (unpaired) electrons. The number of rotatable bonds is 5. The second-order valence-corrected chi connectivity index (χ2v) is 6.88. The van der Waals surface area contributed by atoms with Gasteiger partial charge < -0.3 is 14.4 Å². The van der Waals surface area contributed by atoms with Gasteiger partial charge in [0.1, 0.15) is 11.5 Å². The molecular weight excluding hydrogens is 324 g/mol. The standard InChI is InChI=1S/C22H28N2O2/c1-24(2)18-10-12-20-16(13-18)7-5-6-8-21(20)23-15-17-9-11-19(25-3)14-22(17)26-4/h9-14H,5-8,15H2,1-4H3/b23-21+. The van der Waals surface area contributed by atoms with E-state index >= 15 is 0 Å². The van der Waals surface area contributed by atoms with Crippen LogP contribution in [0.4, 0.5) is 5.69 Å². The lowest BCUT2D eigenvalue weighted by atomic mass is 10.0. The van der Waals surface area contributed by atoms with Crippen LogP contribution in [0.1, 0.15) is 36.0 Å². The van der Waals surface area contributed by atoms with Crippen molar-refractivity contribution in [1.82, 2.24) is 0 Å². The molecule has 4 nitrogen and oxygen atoms in total. The zero-order chi connectivity index (χ0) is 18.5. The maximum Gasteiger partial charge on any atom is 0.127 e. The number of hydrogen-bond donors (Lipinski definition) is 0. The van der Waals surface area contributed by atoms with E-state index in [2.05, 4.69) is 37.2 Å². The SMILES string of the molecule is COc1ccc(C/N=C2\CCCCc3cc(N(C)C)ccc32)c(OC)c1. The normalized spacial score (nSPS) is 15.3. The molecule has 0 fully saturated rings. The van der Waals surface area contributed by atoms with Crippen LogP contribution in [0.3, 0.4) is 0 Å². The predicted molar refractivity (Wildman–Crippen MR) is 108 cm³/mol. The lowest BCUT2D eigenvalue weighted by Gasteiger charge is -2.16. The minimum absolute atomic E-state index is 0.622. The summed E-state index contributed by atoms with van der Waals surface area (Å²) in [6.45, 7) is 0.622. The molecule has 0 saturated carbocycles. The molecule has 0 heterocycles. The first-order valence-corrected chi connectivity index (χ1v) is 9.17. The van der Waals surface area contributed by atoms with Gasteiger partial charge in [-0.3, -0.25) is 4.99 Å². The molecule has 2 aromatic rings. The number of hydrogen-bond acceptors (Lipinski definition) is 4. The van der Waals surface area contributed by atoms with Crippen molar-refractivity contribution in [2.24, 2.45) is 4.99 Å². The fraction of sp³-hybridized carbons (Fsp3) is 0.409. The second-order valence-electron chi connectivity index (χ2n) is 6.88. The third kappa shape index (κ3) is 4.01. The molecule has 138 valence electrons. The predicted octanol–water partition coefficient (Wildman–Crippen LogP) is 4.49. The highest BCUT2D eigenvalue weighted by atomic mass is 16.5. The molecule has 2 aromatic carbocycles. The minimum Gasteiger partial charge on any atom is -0.497 e. The van der Waals surface area contributed by atoms with Gasteiger partial charge in [0.25, 0.3) is 0 Å². The van der Waals surface area contributed by atoms with Gasteiger partial charge in [0.05, 0.1) is 20.8 Å². The highest BCUT2D eigenvalue weighted by Crippen LogP contribution is 2.28. The van der Waals surface area contributed by atoms with E-state index in [-0.39, 0.29) is 0 Å². The number of anilines is 1. The lowest BCUT2D eigenvalue weighted by molar-refractivity contribution is 0.391. The summed E-state index contributed by atoms with van der Waals surface area (Å²) in [6, 6.07) is 12.6. The van der Waals surface area contributed by atoms with E-state index in [1.54, 1.807) is 14.2 Å². The minimum atomic E-state index is 0.622. The van der Waals surface area contributed by atoms with Gasteiger partial charge in [-0.25, -0.2) is 0 Å². The van der Waals surface area contributed by atoms with Gasteiger partial charge >= 0.3 is 0 Å². The Morgan fingerprint density at radius 3 is 2.50 bits per heavy atom. The Hall–Kier alpha value is -2.49. The highest BCUT2D eigenvalue weighted by molar-refractivity contribution is 6.02. The van der Waals surface area contributed by atoms with Gasteiger partial charge in [-0.1, -0.05) is 6.07 Å². The molecule has 0 unspecified atom stereocenters. The summed E-state index contributed by atoms with van der Waals surface area (Å²) in [6.07, 6.45) is 4.56. The maximum atomic E-state index is 5.51. The van der Waals surface area contributed by atoms with Gasteiger partial charge in [0.2, 0.25) is 0 Å². The zero-order valence-corrected chi connectivity index (χ0v) is 16.2. The summed E-state index contributed by atoms with van der Waals surface area (Å²) in [5.74, 6) is 1.62. The molecule has 4 heteroatoms. The number of fused-ring (bicyclic) bond motifs is 1. The summed E-state index contributed by atoms with van der Waals surface area (Å²) in [7, 11) is 7.53. The van der Waals surface area contributed by atoms with Crippen LogP contribution in [0.2, 0.25) is 0 Å². The summed E-state index contributed by atoms with van der Waals surface area (Å²) in [5, 5.41) is 0. The van der Waals surface area contributed by atoms with Crippen molar-refractivity contribution in [3.63, 3.8) is 0 Å². The van der Waals surface area contributed by atoms with Crippen molar-refractivity contribution in [3.05, 3.63) is 53.1 Å². The molecule has 3 rings (SSSR count). The Balaban J connectivity index is 1.90. The lowest BCUT2D eigenvalue weighted by Crippen LogP contribution is -2.10. The number of ether oxygens (including phenoxy) is 2. The smallest absolute Gasteiger partial charge is 0.127 e. The van der Waals surface area contributed by atoms with Crippen LogP contribution in [0, 0.1) is 0 Å². The van der Waals surface area contributed by atoms with Crippen LogP contribution in [-0.4, -0.2) is 34.0 Å². The largest absolute Gasteiger partial charge is 0.497 e. The molecule has 1 aliphatic carbocycles.